The van der Waals surface area contributed by atoms with Crippen LogP contribution >= 0.6 is 34.2 Å². The van der Waals surface area contributed by atoms with Crippen molar-refractivity contribution in [3.05, 3.63) is 68.3 Å². The lowest BCUT2D eigenvalue weighted by Gasteiger charge is -2.06. The van der Waals surface area contributed by atoms with Crippen molar-refractivity contribution >= 4 is 40.1 Å². The van der Waals surface area contributed by atoms with Crippen molar-refractivity contribution in [1.29, 1.82) is 0 Å². The molecular weight excluding hydrogens is 385 g/mol. The van der Waals surface area contributed by atoms with Crippen LogP contribution in [0, 0.1) is 3.57 Å². The van der Waals surface area contributed by atoms with Gasteiger partial charge in [0.2, 0.25) is 0 Å². The van der Waals surface area contributed by atoms with Crippen molar-refractivity contribution in [1.82, 2.24) is 5.32 Å². The molecular formula is C16H15ClINO. The van der Waals surface area contributed by atoms with Gasteiger partial charge in [-0.3, -0.25) is 4.79 Å². The van der Waals surface area contributed by atoms with Crippen molar-refractivity contribution in [3.8, 4) is 0 Å². The predicted octanol–water partition coefficient (Wildman–Crippen LogP) is 4.31. The number of carbonyl (C=O) groups excluding carboxylic acids is 1. The summed E-state index contributed by atoms with van der Waals surface area (Å²) in [5.41, 5.74) is 1.90. The zero-order valence-corrected chi connectivity index (χ0v) is 13.8. The molecule has 0 aromatic heterocycles. The maximum Gasteiger partial charge on any atom is 0.251 e. The van der Waals surface area contributed by atoms with E-state index in [1.165, 1.54) is 5.56 Å². The summed E-state index contributed by atoms with van der Waals surface area (Å²) in [5, 5.41) is 3.53. The molecule has 0 aliphatic heterocycles. The highest BCUT2D eigenvalue weighted by Crippen LogP contribution is 2.19. The Balaban J connectivity index is 1.79. The first-order valence-corrected chi connectivity index (χ1v) is 7.89. The molecule has 104 valence electrons. The van der Waals surface area contributed by atoms with Crippen molar-refractivity contribution < 1.29 is 4.79 Å². The summed E-state index contributed by atoms with van der Waals surface area (Å²) in [6.45, 7) is 0.664. The van der Waals surface area contributed by atoms with Crippen LogP contribution in [0.3, 0.4) is 0 Å². The molecule has 4 heteroatoms. The second-order valence-electron chi connectivity index (χ2n) is 4.47. The summed E-state index contributed by atoms with van der Waals surface area (Å²) >= 11 is 8.15. The zero-order chi connectivity index (χ0) is 14.4. The van der Waals surface area contributed by atoms with Gasteiger partial charge in [0.05, 0.1) is 5.02 Å². The Kier molecular flexibility index (Phi) is 5.86. The van der Waals surface area contributed by atoms with E-state index in [1.54, 1.807) is 12.1 Å². The molecule has 2 aromatic carbocycles. The fourth-order valence-corrected chi connectivity index (χ4v) is 2.39. The van der Waals surface area contributed by atoms with Gasteiger partial charge in [0.25, 0.3) is 5.91 Å². The monoisotopic (exact) mass is 399 g/mol. The summed E-state index contributed by atoms with van der Waals surface area (Å²) < 4.78 is 0.949. The van der Waals surface area contributed by atoms with E-state index in [2.05, 4.69) is 40.0 Å². The van der Waals surface area contributed by atoms with Gasteiger partial charge in [-0.05, 0) is 59.2 Å². The van der Waals surface area contributed by atoms with Crippen molar-refractivity contribution in [2.45, 2.75) is 12.8 Å². The number of nitrogens with one attached hydrogen (secondary N) is 1. The molecule has 0 saturated heterocycles. The molecule has 2 aromatic rings. The minimum absolute atomic E-state index is 0.0728. The first-order valence-electron chi connectivity index (χ1n) is 6.44. The molecule has 0 unspecified atom stereocenters. The smallest absolute Gasteiger partial charge is 0.251 e. The fourth-order valence-electron chi connectivity index (χ4n) is 1.88. The Bertz CT molecular complexity index is 586. The maximum absolute atomic E-state index is 11.9. The summed E-state index contributed by atoms with van der Waals surface area (Å²) in [7, 11) is 0. The molecule has 2 nitrogen and oxygen atoms in total. The number of carbonyl (C=O) groups is 1. The van der Waals surface area contributed by atoms with Gasteiger partial charge in [-0.15, -0.1) is 0 Å². The Morgan fingerprint density at radius 2 is 1.90 bits per heavy atom. The van der Waals surface area contributed by atoms with Crippen LogP contribution in [-0.4, -0.2) is 12.5 Å². The van der Waals surface area contributed by atoms with E-state index < -0.39 is 0 Å². The van der Waals surface area contributed by atoms with Crippen LogP contribution in [0.2, 0.25) is 5.02 Å². The average Bonchev–Trinajstić information content (AvgIpc) is 2.47. The molecule has 0 aliphatic rings. The first-order chi connectivity index (χ1) is 9.66. The topological polar surface area (TPSA) is 29.1 Å². The highest BCUT2D eigenvalue weighted by Gasteiger charge is 2.07. The van der Waals surface area contributed by atoms with Crippen LogP contribution in [-0.2, 0) is 6.42 Å². The van der Waals surface area contributed by atoms with E-state index >= 15 is 0 Å². The minimum Gasteiger partial charge on any atom is -0.352 e. The fraction of sp³-hybridized carbons (Fsp3) is 0.188. The molecule has 0 saturated carbocycles. The molecule has 20 heavy (non-hydrogen) atoms. The third-order valence-electron chi connectivity index (χ3n) is 2.95. The van der Waals surface area contributed by atoms with E-state index in [4.69, 9.17) is 11.6 Å². The molecule has 0 atom stereocenters. The Morgan fingerprint density at radius 3 is 2.60 bits per heavy atom. The Morgan fingerprint density at radius 1 is 1.15 bits per heavy atom. The van der Waals surface area contributed by atoms with Crippen LogP contribution in [0.5, 0.6) is 0 Å². The van der Waals surface area contributed by atoms with Gasteiger partial charge in [-0.25, -0.2) is 0 Å². The van der Waals surface area contributed by atoms with Crippen LogP contribution in [0.4, 0.5) is 0 Å². The highest BCUT2D eigenvalue weighted by molar-refractivity contribution is 14.1. The number of aryl methyl sites for hydroxylation is 1. The van der Waals surface area contributed by atoms with Gasteiger partial charge in [0.1, 0.15) is 0 Å². The quantitative estimate of drug-likeness (QED) is 0.589. The van der Waals surface area contributed by atoms with Gasteiger partial charge >= 0.3 is 0 Å². The number of hydrogen-bond acceptors (Lipinski definition) is 1. The van der Waals surface area contributed by atoms with E-state index in [9.17, 15) is 4.79 Å². The van der Waals surface area contributed by atoms with Gasteiger partial charge in [-0.1, -0.05) is 41.9 Å². The predicted molar refractivity (Wildman–Crippen MR) is 91.3 cm³/mol. The second kappa shape index (κ2) is 7.64. The molecule has 1 amide bonds. The van der Waals surface area contributed by atoms with E-state index in [-0.39, 0.29) is 5.91 Å². The third-order valence-corrected chi connectivity index (χ3v) is 4.52. The van der Waals surface area contributed by atoms with Gasteiger partial charge in [0, 0.05) is 15.7 Å². The van der Waals surface area contributed by atoms with Crippen LogP contribution in [0.25, 0.3) is 0 Å². The molecule has 0 bridgehead atoms. The first kappa shape index (κ1) is 15.3. The third kappa shape index (κ3) is 4.49. The lowest BCUT2D eigenvalue weighted by Crippen LogP contribution is -2.24. The summed E-state index contributed by atoms with van der Waals surface area (Å²) in [6, 6.07) is 15.6. The lowest BCUT2D eigenvalue weighted by molar-refractivity contribution is 0.0953. The zero-order valence-electron chi connectivity index (χ0n) is 10.9. The lowest BCUT2D eigenvalue weighted by atomic mass is 10.1. The largest absolute Gasteiger partial charge is 0.352 e. The highest BCUT2D eigenvalue weighted by atomic mass is 127. The number of benzene rings is 2. The van der Waals surface area contributed by atoms with Crippen LogP contribution in [0.1, 0.15) is 22.3 Å². The normalized spacial score (nSPS) is 10.3. The maximum atomic E-state index is 11.9. The molecule has 0 fully saturated rings. The summed E-state index contributed by atoms with van der Waals surface area (Å²) in [6.07, 6.45) is 1.89. The van der Waals surface area contributed by atoms with Crippen molar-refractivity contribution in [3.63, 3.8) is 0 Å². The average molecular weight is 400 g/mol. The molecule has 0 aliphatic carbocycles. The number of rotatable bonds is 5. The molecule has 2 rings (SSSR count). The van der Waals surface area contributed by atoms with Crippen LogP contribution in [0.15, 0.2) is 48.5 Å². The standard InChI is InChI=1S/C16H15ClINO/c17-14-11-13(8-9-15(14)18)16(20)19-10-4-7-12-5-2-1-3-6-12/h1-3,5-6,8-9,11H,4,7,10H2,(H,19,20). The number of halogens is 2. The summed E-state index contributed by atoms with van der Waals surface area (Å²) in [5.74, 6) is -0.0728. The molecule has 0 heterocycles. The van der Waals surface area contributed by atoms with E-state index in [1.807, 2.05) is 24.3 Å². The molecule has 0 radical (unpaired) electrons. The van der Waals surface area contributed by atoms with Gasteiger partial charge in [-0.2, -0.15) is 0 Å². The van der Waals surface area contributed by atoms with E-state index in [0.717, 1.165) is 16.4 Å². The second-order valence-corrected chi connectivity index (χ2v) is 6.04. The van der Waals surface area contributed by atoms with Crippen molar-refractivity contribution in [2.75, 3.05) is 6.54 Å². The van der Waals surface area contributed by atoms with E-state index in [0.29, 0.717) is 17.1 Å². The summed E-state index contributed by atoms with van der Waals surface area (Å²) in [4.78, 5) is 11.9. The Labute approximate surface area is 137 Å². The number of hydrogen-bond donors (Lipinski definition) is 1. The van der Waals surface area contributed by atoms with Gasteiger partial charge in [0.15, 0.2) is 0 Å². The van der Waals surface area contributed by atoms with Crippen molar-refractivity contribution in [2.24, 2.45) is 0 Å². The Hall–Kier alpha value is -1.07. The van der Waals surface area contributed by atoms with Gasteiger partial charge < -0.3 is 5.32 Å². The van der Waals surface area contributed by atoms with Crippen LogP contribution < -0.4 is 5.32 Å². The number of amides is 1. The molecule has 1 N–H and O–H groups in total. The SMILES string of the molecule is O=C(NCCCc1ccccc1)c1ccc(I)c(Cl)c1. The molecule has 0 spiro atoms. The minimum atomic E-state index is -0.0728.